The maximum atomic E-state index is 12.4. The molecular formula is C16H16Br2N2OS2. The predicted octanol–water partition coefficient (Wildman–Crippen LogP) is 6.86. The van der Waals surface area contributed by atoms with E-state index in [1.807, 2.05) is 42.8 Å². The molecule has 0 unspecified atom stereocenters. The first-order valence-corrected chi connectivity index (χ1v) is 11.1. The highest BCUT2D eigenvalue weighted by Gasteiger charge is 2.09. The fraction of sp³-hybridized carbons (Fsp3) is 0.250. The van der Waals surface area contributed by atoms with Crippen molar-refractivity contribution >= 4 is 66.8 Å². The van der Waals surface area contributed by atoms with Gasteiger partial charge in [-0.1, -0.05) is 36.7 Å². The molecule has 0 radical (unpaired) electrons. The van der Waals surface area contributed by atoms with E-state index in [2.05, 4.69) is 37.0 Å². The van der Waals surface area contributed by atoms with Gasteiger partial charge in [0.1, 0.15) is 5.69 Å². The summed E-state index contributed by atoms with van der Waals surface area (Å²) >= 11 is 10.4. The van der Waals surface area contributed by atoms with Crippen LogP contribution in [0.5, 0.6) is 0 Å². The highest BCUT2D eigenvalue weighted by molar-refractivity contribution is 9.10. The zero-order valence-corrected chi connectivity index (χ0v) is 17.6. The molecule has 2 aromatic rings. The van der Waals surface area contributed by atoms with Crippen LogP contribution in [0.1, 0.15) is 11.1 Å². The lowest BCUT2D eigenvalue weighted by molar-refractivity contribution is -0.435. The van der Waals surface area contributed by atoms with Gasteiger partial charge in [0, 0.05) is 37.7 Å². The summed E-state index contributed by atoms with van der Waals surface area (Å²) in [7, 11) is 0. The zero-order valence-electron chi connectivity index (χ0n) is 12.8. The van der Waals surface area contributed by atoms with Crippen LogP contribution in [0.2, 0.25) is 0 Å². The Hall–Kier alpha value is -0.500. The molecule has 0 aromatic heterocycles. The lowest BCUT2D eigenvalue weighted by atomic mass is 10.2. The Labute approximate surface area is 161 Å². The summed E-state index contributed by atoms with van der Waals surface area (Å²) < 4.78 is 1.81. The third-order valence-corrected chi connectivity index (χ3v) is 5.09. The number of nitrogens with zero attached hydrogens (tertiary/aromatic N) is 2. The normalized spacial score (nSPS) is 11.7. The molecule has 0 aliphatic carbocycles. The van der Waals surface area contributed by atoms with Crippen LogP contribution in [0.4, 0.5) is 11.4 Å². The third kappa shape index (κ3) is 5.81. The number of hydrogen-bond acceptors (Lipinski definition) is 4. The molecular weight excluding hydrogens is 460 g/mol. The number of hydrogen-bond donors (Lipinski definition) is 0. The summed E-state index contributed by atoms with van der Waals surface area (Å²) in [6.07, 6.45) is 4.08. The van der Waals surface area contributed by atoms with Gasteiger partial charge in [-0.15, -0.1) is 0 Å². The molecule has 0 saturated heterocycles. The smallest absolute Gasteiger partial charge is 0.246 e. The van der Waals surface area contributed by atoms with Crippen molar-refractivity contribution in [3.63, 3.8) is 0 Å². The zero-order chi connectivity index (χ0) is 16.8. The van der Waals surface area contributed by atoms with Crippen molar-refractivity contribution in [2.24, 2.45) is 5.11 Å². The Morgan fingerprint density at radius 3 is 2.09 bits per heavy atom. The van der Waals surface area contributed by atoms with E-state index in [1.54, 1.807) is 29.6 Å². The van der Waals surface area contributed by atoms with Crippen LogP contribution in [-0.4, -0.2) is 17.4 Å². The summed E-state index contributed by atoms with van der Waals surface area (Å²) in [5.74, 6) is 1.74. The number of azo groups is 1. The summed E-state index contributed by atoms with van der Waals surface area (Å²) in [5.41, 5.74) is 3.39. The Balaban J connectivity index is 2.35. The van der Waals surface area contributed by atoms with E-state index in [1.165, 1.54) is 0 Å². The van der Waals surface area contributed by atoms with E-state index in [4.69, 9.17) is 0 Å². The van der Waals surface area contributed by atoms with Crippen molar-refractivity contribution in [3.05, 3.63) is 61.7 Å². The van der Waals surface area contributed by atoms with E-state index in [0.29, 0.717) is 16.2 Å². The molecule has 2 rings (SSSR count). The van der Waals surface area contributed by atoms with E-state index >= 15 is 0 Å². The average molecular weight is 476 g/mol. The Kier molecular flexibility index (Phi) is 7.46. The highest BCUT2D eigenvalue weighted by Crippen LogP contribution is 2.28. The maximum Gasteiger partial charge on any atom is 0.246 e. The maximum absolute atomic E-state index is 12.4. The SMILES string of the molecule is CSCc1cc(Br)cc(N=[N+]([O-])c2cc(Br)cc(CSC)c2)c1. The fourth-order valence-electron chi connectivity index (χ4n) is 2.10. The summed E-state index contributed by atoms with van der Waals surface area (Å²) in [4.78, 5) is 0.680. The first-order valence-electron chi connectivity index (χ1n) is 6.77. The van der Waals surface area contributed by atoms with Crippen LogP contribution in [0.25, 0.3) is 0 Å². The van der Waals surface area contributed by atoms with Gasteiger partial charge in [-0.25, -0.2) is 0 Å². The Morgan fingerprint density at radius 1 is 0.913 bits per heavy atom. The average Bonchev–Trinajstić information content (AvgIpc) is 2.46. The standard InChI is InChI=1S/C16H16Br2N2OS2/c1-22-9-11-3-13(17)7-15(5-11)19-20(21)16-6-12(10-23-2)4-14(18)8-16/h3-8H,9-10H2,1-2H3. The molecule has 0 aliphatic rings. The lowest BCUT2D eigenvalue weighted by Crippen LogP contribution is -1.93. The van der Waals surface area contributed by atoms with Gasteiger partial charge in [0.2, 0.25) is 5.69 Å². The van der Waals surface area contributed by atoms with Gasteiger partial charge in [-0.05, 0) is 47.9 Å². The van der Waals surface area contributed by atoms with Gasteiger partial charge in [0.15, 0.2) is 0 Å². The third-order valence-electron chi connectivity index (χ3n) is 2.93. The molecule has 0 fully saturated rings. The van der Waals surface area contributed by atoms with Crippen molar-refractivity contribution in [1.82, 2.24) is 0 Å². The summed E-state index contributed by atoms with van der Waals surface area (Å²) in [6.45, 7) is 0. The molecule has 23 heavy (non-hydrogen) atoms. The van der Waals surface area contributed by atoms with Crippen LogP contribution in [-0.2, 0) is 11.5 Å². The molecule has 0 N–H and O–H groups in total. The van der Waals surface area contributed by atoms with Crippen LogP contribution in [0.3, 0.4) is 0 Å². The molecule has 3 nitrogen and oxygen atoms in total. The summed E-state index contributed by atoms with van der Waals surface area (Å²) in [6, 6.07) is 11.5. The number of halogens is 2. The molecule has 0 heterocycles. The second-order valence-corrected chi connectivity index (χ2v) is 8.44. The lowest BCUT2D eigenvalue weighted by Gasteiger charge is -2.05. The number of thioether (sulfide) groups is 2. The number of benzene rings is 2. The fourth-order valence-corrected chi connectivity index (χ4v) is 4.15. The van der Waals surface area contributed by atoms with Gasteiger partial charge in [-0.2, -0.15) is 23.5 Å². The minimum absolute atomic E-state index is 0.523. The molecule has 0 aliphatic heterocycles. The van der Waals surface area contributed by atoms with Gasteiger partial charge in [-0.3, -0.25) is 0 Å². The quantitative estimate of drug-likeness (QED) is 0.260. The van der Waals surface area contributed by atoms with Gasteiger partial charge < -0.3 is 5.21 Å². The number of rotatable bonds is 6. The van der Waals surface area contributed by atoms with E-state index in [-0.39, 0.29) is 0 Å². The van der Waals surface area contributed by atoms with E-state index in [0.717, 1.165) is 31.6 Å². The minimum Gasteiger partial charge on any atom is -0.594 e. The van der Waals surface area contributed by atoms with Gasteiger partial charge in [0.05, 0.1) is 0 Å². The molecule has 0 spiro atoms. The molecule has 0 atom stereocenters. The topological polar surface area (TPSA) is 38.4 Å². The van der Waals surface area contributed by atoms with Crippen molar-refractivity contribution in [2.75, 3.05) is 12.5 Å². The largest absolute Gasteiger partial charge is 0.594 e. The molecule has 0 saturated carbocycles. The predicted molar refractivity (Wildman–Crippen MR) is 108 cm³/mol. The molecule has 122 valence electrons. The van der Waals surface area contributed by atoms with Crippen molar-refractivity contribution in [1.29, 1.82) is 0 Å². The molecule has 2 aromatic carbocycles. The first kappa shape index (κ1) is 18.8. The van der Waals surface area contributed by atoms with Crippen LogP contribution in [0, 0.1) is 5.21 Å². The first-order chi connectivity index (χ1) is 11.0. The van der Waals surface area contributed by atoms with Crippen LogP contribution >= 0.6 is 55.4 Å². The van der Waals surface area contributed by atoms with Gasteiger partial charge >= 0.3 is 0 Å². The summed E-state index contributed by atoms with van der Waals surface area (Å²) in [5, 5.41) is 16.6. The molecule has 0 amide bonds. The second kappa shape index (κ2) is 9.11. The highest BCUT2D eigenvalue weighted by atomic mass is 79.9. The van der Waals surface area contributed by atoms with Crippen molar-refractivity contribution < 1.29 is 4.86 Å². The second-order valence-electron chi connectivity index (χ2n) is 4.87. The van der Waals surface area contributed by atoms with Crippen LogP contribution < -0.4 is 0 Å². The minimum atomic E-state index is 0.523. The Morgan fingerprint density at radius 2 is 1.48 bits per heavy atom. The monoisotopic (exact) mass is 474 g/mol. The Bertz CT molecular complexity index is 723. The molecule has 7 heteroatoms. The van der Waals surface area contributed by atoms with E-state index < -0.39 is 0 Å². The van der Waals surface area contributed by atoms with Gasteiger partial charge in [0.25, 0.3) is 0 Å². The molecule has 0 bridgehead atoms. The van der Waals surface area contributed by atoms with Crippen molar-refractivity contribution in [2.45, 2.75) is 11.5 Å². The van der Waals surface area contributed by atoms with Crippen LogP contribution in [0.15, 0.2) is 50.5 Å². The van der Waals surface area contributed by atoms with E-state index in [9.17, 15) is 5.21 Å². The van der Waals surface area contributed by atoms with Crippen molar-refractivity contribution in [3.8, 4) is 0 Å².